The zero-order valence-corrected chi connectivity index (χ0v) is 19.6. The number of sulfonamides is 1. The quantitative estimate of drug-likeness (QED) is 0.528. The van der Waals surface area contributed by atoms with Crippen molar-refractivity contribution < 1.29 is 17.7 Å². The summed E-state index contributed by atoms with van der Waals surface area (Å²) in [6.07, 6.45) is 1.73. The zero-order valence-electron chi connectivity index (χ0n) is 18.8. The summed E-state index contributed by atoms with van der Waals surface area (Å²) in [6, 6.07) is 13.4. The molecule has 3 aromatic rings. The van der Waals surface area contributed by atoms with Crippen molar-refractivity contribution in [2.45, 2.75) is 40.2 Å². The molecule has 2 aromatic carbocycles. The summed E-state index contributed by atoms with van der Waals surface area (Å²) in [4.78, 5) is 16.6. The van der Waals surface area contributed by atoms with Crippen molar-refractivity contribution in [1.29, 1.82) is 0 Å². The summed E-state index contributed by atoms with van der Waals surface area (Å²) >= 11 is 0. The molecule has 32 heavy (non-hydrogen) atoms. The van der Waals surface area contributed by atoms with Gasteiger partial charge in [0.15, 0.2) is 0 Å². The number of benzene rings is 2. The van der Waals surface area contributed by atoms with Crippen LogP contribution in [0.15, 0.2) is 47.0 Å². The summed E-state index contributed by atoms with van der Waals surface area (Å²) in [5.41, 5.74) is 4.48. The van der Waals surface area contributed by atoms with Crippen LogP contribution in [0.1, 0.15) is 35.4 Å². The van der Waals surface area contributed by atoms with E-state index >= 15 is 0 Å². The lowest BCUT2D eigenvalue weighted by Gasteiger charge is -2.23. The van der Waals surface area contributed by atoms with Gasteiger partial charge in [0.1, 0.15) is 0 Å². The molecule has 8 nitrogen and oxygen atoms in total. The molecule has 0 bridgehead atoms. The molecule has 0 aliphatic carbocycles. The van der Waals surface area contributed by atoms with Gasteiger partial charge >= 0.3 is 0 Å². The molecule has 0 fully saturated rings. The third-order valence-electron chi connectivity index (χ3n) is 4.95. The van der Waals surface area contributed by atoms with E-state index in [1.54, 1.807) is 0 Å². The summed E-state index contributed by atoms with van der Waals surface area (Å²) in [5, 5.41) is 6.72. The highest BCUT2D eigenvalue weighted by atomic mass is 32.2. The summed E-state index contributed by atoms with van der Waals surface area (Å²) in [7, 11) is -3.46. The van der Waals surface area contributed by atoms with E-state index < -0.39 is 10.0 Å². The Kier molecular flexibility index (Phi) is 7.29. The Labute approximate surface area is 188 Å². The van der Waals surface area contributed by atoms with Crippen LogP contribution in [0.4, 0.5) is 5.69 Å². The fraction of sp³-hybridized carbons (Fsp3) is 0.348. The summed E-state index contributed by atoms with van der Waals surface area (Å²) < 4.78 is 31.1. The molecule has 0 aliphatic heterocycles. The van der Waals surface area contributed by atoms with E-state index in [4.69, 9.17) is 4.52 Å². The maximum Gasteiger partial charge on any atom is 0.246 e. The highest BCUT2D eigenvalue weighted by molar-refractivity contribution is 7.92. The van der Waals surface area contributed by atoms with Crippen molar-refractivity contribution in [3.05, 3.63) is 65.0 Å². The van der Waals surface area contributed by atoms with E-state index in [0.717, 1.165) is 22.3 Å². The number of carbonyl (C=O) groups excluding carboxylic acids is 1. The number of amides is 1. The lowest BCUT2D eigenvalue weighted by Crippen LogP contribution is -2.32. The van der Waals surface area contributed by atoms with Gasteiger partial charge < -0.3 is 9.84 Å². The highest BCUT2D eigenvalue weighted by Crippen LogP contribution is 2.22. The third-order valence-corrected chi connectivity index (χ3v) is 6.14. The molecule has 0 atom stereocenters. The van der Waals surface area contributed by atoms with Crippen molar-refractivity contribution in [1.82, 2.24) is 15.5 Å². The molecule has 170 valence electrons. The zero-order chi connectivity index (χ0) is 23.3. The third kappa shape index (κ3) is 6.16. The van der Waals surface area contributed by atoms with Gasteiger partial charge in [0.05, 0.1) is 18.5 Å². The van der Waals surface area contributed by atoms with Crippen LogP contribution in [0, 0.1) is 20.8 Å². The molecule has 0 saturated carbocycles. The Hall–Kier alpha value is -3.20. The molecule has 1 amide bonds. The molecule has 0 unspecified atom stereocenters. The topological polar surface area (TPSA) is 105 Å². The van der Waals surface area contributed by atoms with Crippen molar-refractivity contribution in [2.75, 3.05) is 17.1 Å². The first-order chi connectivity index (χ1) is 15.1. The molecular weight excluding hydrogens is 428 g/mol. The number of nitrogens with zero attached hydrogens (tertiary/aromatic N) is 3. The number of aromatic nitrogens is 2. The minimum Gasteiger partial charge on any atom is -0.347 e. The highest BCUT2D eigenvalue weighted by Gasteiger charge is 2.18. The molecule has 0 aliphatic rings. The second kappa shape index (κ2) is 9.95. The Morgan fingerprint density at radius 1 is 1.09 bits per heavy atom. The maximum atomic E-state index is 12.3. The van der Waals surface area contributed by atoms with Gasteiger partial charge in [0, 0.05) is 18.5 Å². The van der Waals surface area contributed by atoms with E-state index in [9.17, 15) is 13.2 Å². The molecular formula is C23H28N4O4S. The van der Waals surface area contributed by atoms with Crippen LogP contribution in [0.3, 0.4) is 0 Å². The monoisotopic (exact) mass is 456 g/mol. The number of nitrogens with one attached hydrogen (secondary N) is 1. The van der Waals surface area contributed by atoms with Crippen LogP contribution in [0.5, 0.6) is 0 Å². The number of carbonyl (C=O) groups is 1. The van der Waals surface area contributed by atoms with Crippen LogP contribution >= 0.6 is 0 Å². The van der Waals surface area contributed by atoms with Gasteiger partial charge in [-0.2, -0.15) is 4.98 Å². The number of anilines is 1. The van der Waals surface area contributed by atoms with E-state index in [0.29, 0.717) is 23.8 Å². The number of hydrogen-bond acceptors (Lipinski definition) is 6. The van der Waals surface area contributed by atoms with Gasteiger partial charge in [0.25, 0.3) is 0 Å². The van der Waals surface area contributed by atoms with Crippen LogP contribution in [0.25, 0.3) is 11.4 Å². The van der Waals surface area contributed by atoms with Crippen LogP contribution in [0.2, 0.25) is 0 Å². The summed E-state index contributed by atoms with van der Waals surface area (Å²) in [6.45, 7) is 6.14. The molecule has 1 heterocycles. The molecule has 0 radical (unpaired) electrons. The summed E-state index contributed by atoms with van der Waals surface area (Å²) in [5.74, 6) is 0.573. The van der Waals surface area contributed by atoms with Gasteiger partial charge in [-0.25, -0.2) is 8.42 Å². The predicted molar refractivity (Wildman–Crippen MR) is 124 cm³/mol. The van der Waals surface area contributed by atoms with Gasteiger partial charge in [-0.3, -0.25) is 9.10 Å². The van der Waals surface area contributed by atoms with E-state index in [1.165, 1.54) is 10.6 Å². The van der Waals surface area contributed by atoms with Gasteiger partial charge in [-0.1, -0.05) is 35.5 Å². The standard InChI is InChI=1S/C23H28N4O4S/c1-16-12-17(2)14-19(13-16)27(32(4,29)30)11-7-10-21(28)24-15-22-25-23(26-31-22)20-9-6-5-8-18(20)3/h5-6,8-9,12-14H,7,10-11,15H2,1-4H3,(H,24,28). The fourth-order valence-electron chi connectivity index (χ4n) is 3.49. The lowest BCUT2D eigenvalue weighted by atomic mass is 10.1. The van der Waals surface area contributed by atoms with Crippen molar-refractivity contribution in [3.63, 3.8) is 0 Å². The molecule has 0 spiro atoms. The predicted octanol–water partition coefficient (Wildman–Crippen LogP) is 3.52. The lowest BCUT2D eigenvalue weighted by molar-refractivity contribution is -0.121. The Morgan fingerprint density at radius 3 is 2.44 bits per heavy atom. The molecule has 3 rings (SSSR count). The second-order valence-electron chi connectivity index (χ2n) is 7.89. The largest absolute Gasteiger partial charge is 0.347 e. The normalized spacial score (nSPS) is 11.4. The minimum atomic E-state index is -3.46. The average molecular weight is 457 g/mol. The van der Waals surface area contributed by atoms with Crippen molar-refractivity contribution >= 4 is 21.6 Å². The van der Waals surface area contributed by atoms with Crippen LogP contribution < -0.4 is 9.62 Å². The number of rotatable bonds is 9. The van der Waals surface area contributed by atoms with E-state index in [1.807, 2.05) is 63.2 Å². The Bertz CT molecular complexity index is 1180. The first-order valence-electron chi connectivity index (χ1n) is 10.3. The SMILES string of the molecule is Cc1cc(C)cc(N(CCCC(=O)NCc2nc(-c3ccccc3C)no2)S(C)(=O)=O)c1. The van der Waals surface area contributed by atoms with Crippen molar-refractivity contribution in [3.8, 4) is 11.4 Å². The first-order valence-corrected chi connectivity index (χ1v) is 12.2. The minimum absolute atomic E-state index is 0.116. The Balaban J connectivity index is 1.54. The molecule has 9 heteroatoms. The average Bonchev–Trinajstić information content (AvgIpc) is 3.17. The van der Waals surface area contributed by atoms with Crippen molar-refractivity contribution in [2.24, 2.45) is 0 Å². The number of aryl methyl sites for hydroxylation is 3. The van der Waals surface area contributed by atoms with Gasteiger partial charge in [0.2, 0.25) is 27.6 Å². The maximum absolute atomic E-state index is 12.3. The van der Waals surface area contributed by atoms with Crippen LogP contribution in [-0.4, -0.2) is 37.3 Å². The Morgan fingerprint density at radius 2 is 1.78 bits per heavy atom. The van der Waals surface area contributed by atoms with Gasteiger partial charge in [-0.05, 0) is 56.0 Å². The fourth-order valence-corrected chi connectivity index (χ4v) is 4.44. The van der Waals surface area contributed by atoms with Gasteiger partial charge in [-0.15, -0.1) is 0 Å². The van der Waals surface area contributed by atoms with E-state index in [-0.39, 0.29) is 25.4 Å². The first kappa shape index (κ1) is 23.5. The smallest absolute Gasteiger partial charge is 0.246 e. The second-order valence-corrected chi connectivity index (χ2v) is 9.79. The number of hydrogen-bond donors (Lipinski definition) is 1. The molecule has 1 N–H and O–H groups in total. The van der Waals surface area contributed by atoms with Crippen LogP contribution in [-0.2, 0) is 21.4 Å². The molecule has 1 aromatic heterocycles. The van der Waals surface area contributed by atoms with E-state index in [2.05, 4.69) is 15.5 Å². The molecule has 0 saturated heterocycles.